The third-order valence-electron chi connectivity index (χ3n) is 4.14. The number of amides is 1. The molecule has 28 heavy (non-hydrogen) atoms. The molecule has 1 amide bonds. The molecule has 7 nitrogen and oxygen atoms in total. The third-order valence-corrected chi connectivity index (χ3v) is 4.14. The quantitative estimate of drug-likeness (QED) is 0.349. The van der Waals surface area contributed by atoms with Crippen molar-refractivity contribution in [2.45, 2.75) is 6.42 Å². The Hall–Kier alpha value is -3.22. The van der Waals surface area contributed by atoms with E-state index in [9.17, 15) is 4.79 Å². The molecule has 0 bridgehead atoms. The number of ether oxygens (including phenoxy) is 2. The minimum Gasteiger partial charge on any atom is -0.497 e. The lowest BCUT2D eigenvalue weighted by atomic mass is 10.1. The van der Waals surface area contributed by atoms with E-state index in [0.717, 1.165) is 24.5 Å². The zero-order valence-corrected chi connectivity index (χ0v) is 16.6. The van der Waals surface area contributed by atoms with Crippen molar-refractivity contribution in [1.29, 1.82) is 0 Å². The number of carbonyl (C=O) groups is 1. The number of methoxy groups -OCH3 is 2. The van der Waals surface area contributed by atoms with Crippen LogP contribution in [0.3, 0.4) is 0 Å². The summed E-state index contributed by atoms with van der Waals surface area (Å²) in [6.07, 6.45) is 0.874. The highest BCUT2D eigenvalue weighted by Gasteiger charge is 2.05. The molecule has 2 aromatic carbocycles. The molecule has 0 aliphatic rings. The van der Waals surface area contributed by atoms with Gasteiger partial charge in [-0.05, 0) is 48.4 Å². The molecule has 0 aliphatic heterocycles. The van der Waals surface area contributed by atoms with E-state index >= 15 is 0 Å². The predicted octanol–water partition coefficient (Wildman–Crippen LogP) is 1.84. The Bertz CT molecular complexity index is 758. The fraction of sp³-hybridized carbons (Fsp3) is 0.333. The zero-order valence-electron chi connectivity index (χ0n) is 16.6. The van der Waals surface area contributed by atoms with E-state index in [1.807, 2.05) is 24.3 Å². The van der Waals surface area contributed by atoms with E-state index in [1.54, 1.807) is 45.5 Å². The molecule has 0 aliphatic carbocycles. The summed E-state index contributed by atoms with van der Waals surface area (Å²) >= 11 is 0. The van der Waals surface area contributed by atoms with Crippen LogP contribution in [0.4, 0.5) is 0 Å². The van der Waals surface area contributed by atoms with Gasteiger partial charge in [0.05, 0.1) is 14.2 Å². The van der Waals surface area contributed by atoms with E-state index in [2.05, 4.69) is 20.9 Å². The van der Waals surface area contributed by atoms with E-state index in [-0.39, 0.29) is 5.91 Å². The Morgan fingerprint density at radius 2 is 1.36 bits per heavy atom. The Morgan fingerprint density at radius 1 is 0.821 bits per heavy atom. The molecule has 0 saturated carbocycles. The van der Waals surface area contributed by atoms with Crippen molar-refractivity contribution in [2.75, 3.05) is 40.9 Å². The lowest BCUT2D eigenvalue weighted by molar-refractivity contribution is 0.0954. The Balaban J connectivity index is 1.65. The summed E-state index contributed by atoms with van der Waals surface area (Å²) in [6, 6.07) is 15.0. The van der Waals surface area contributed by atoms with Crippen molar-refractivity contribution in [3.8, 4) is 11.5 Å². The van der Waals surface area contributed by atoms with Crippen LogP contribution in [0.1, 0.15) is 15.9 Å². The molecule has 2 rings (SSSR count). The summed E-state index contributed by atoms with van der Waals surface area (Å²) in [6.45, 7) is 1.82. The van der Waals surface area contributed by atoms with Gasteiger partial charge in [0.2, 0.25) is 0 Å². The number of nitrogens with one attached hydrogen (secondary N) is 3. The summed E-state index contributed by atoms with van der Waals surface area (Å²) in [5.41, 5.74) is 1.82. The minimum absolute atomic E-state index is 0.119. The summed E-state index contributed by atoms with van der Waals surface area (Å²) in [4.78, 5) is 16.3. The average molecular weight is 384 g/mol. The minimum atomic E-state index is -0.119. The fourth-order valence-electron chi connectivity index (χ4n) is 2.54. The molecule has 0 fully saturated rings. The van der Waals surface area contributed by atoms with Gasteiger partial charge in [-0.15, -0.1) is 0 Å². The maximum absolute atomic E-state index is 12.1. The number of hydrogen-bond donors (Lipinski definition) is 3. The van der Waals surface area contributed by atoms with Crippen LogP contribution in [0.2, 0.25) is 0 Å². The van der Waals surface area contributed by atoms with Crippen LogP contribution >= 0.6 is 0 Å². The van der Waals surface area contributed by atoms with E-state index in [0.29, 0.717) is 24.6 Å². The van der Waals surface area contributed by atoms with E-state index < -0.39 is 0 Å². The molecule has 7 heteroatoms. The first-order valence-corrected chi connectivity index (χ1v) is 9.16. The molecule has 0 heterocycles. The summed E-state index contributed by atoms with van der Waals surface area (Å²) < 4.78 is 10.2. The molecule has 150 valence electrons. The van der Waals surface area contributed by atoms with Crippen LogP contribution in [0.5, 0.6) is 11.5 Å². The lowest BCUT2D eigenvalue weighted by Gasteiger charge is -2.12. The smallest absolute Gasteiger partial charge is 0.251 e. The number of nitrogens with zero attached hydrogens (tertiary/aromatic N) is 1. The average Bonchev–Trinajstić information content (AvgIpc) is 2.75. The summed E-state index contributed by atoms with van der Waals surface area (Å²) in [5, 5.41) is 9.31. The van der Waals surface area contributed by atoms with Gasteiger partial charge in [0.15, 0.2) is 5.96 Å². The normalized spacial score (nSPS) is 10.9. The highest BCUT2D eigenvalue weighted by molar-refractivity contribution is 5.94. The van der Waals surface area contributed by atoms with Crippen molar-refractivity contribution in [1.82, 2.24) is 16.0 Å². The van der Waals surface area contributed by atoms with Crippen molar-refractivity contribution >= 4 is 11.9 Å². The third kappa shape index (κ3) is 6.83. The summed E-state index contributed by atoms with van der Waals surface area (Å²) in [7, 11) is 4.98. The first-order chi connectivity index (χ1) is 13.7. The van der Waals surface area contributed by atoms with Crippen molar-refractivity contribution < 1.29 is 14.3 Å². The van der Waals surface area contributed by atoms with Crippen LogP contribution in [-0.2, 0) is 6.42 Å². The van der Waals surface area contributed by atoms with Gasteiger partial charge in [-0.1, -0.05) is 12.1 Å². The number of hydrogen-bond acceptors (Lipinski definition) is 4. The highest BCUT2D eigenvalue weighted by Crippen LogP contribution is 2.11. The molecule has 0 radical (unpaired) electrons. The Labute approximate surface area is 166 Å². The first kappa shape index (κ1) is 21.1. The molecular formula is C21H28N4O3. The molecule has 0 unspecified atom stereocenters. The van der Waals surface area contributed by atoms with Crippen molar-refractivity contribution in [2.24, 2.45) is 4.99 Å². The zero-order chi connectivity index (χ0) is 20.2. The number of aliphatic imine (C=N–C) groups is 1. The second kappa shape index (κ2) is 11.5. The largest absolute Gasteiger partial charge is 0.497 e. The van der Waals surface area contributed by atoms with Gasteiger partial charge in [-0.3, -0.25) is 9.79 Å². The maximum Gasteiger partial charge on any atom is 0.251 e. The van der Waals surface area contributed by atoms with Crippen LogP contribution < -0.4 is 25.4 Å². The monoisotopic (exact) mass is 384 g/mol. The number of guanidine groups is 1. The van der Waals surface area contributed by atoms with E-state index in [1.165, 1.54) is 5.56 Å². The van der Waals surface area contributed by atoms with E-state index in [4.69, 9.17) is 9.47 Å². The standard InChI is InChI=1S/C21H28N4O3/c1-22-21(24-13-12-16-4-8-18(27-2)9-5-16)25-15-14-23-20(26)17-6-10-19(28-3)11-7-17/h4-11H,12-15H2,1-3H3,(H,23,26)(H2,22,24,25). The molecule has 0 spiro atoms. The Morgan fingerprint density at radius 3 is 1.93 bits per heavy atom. The van der Waals surface area contributed by atoms with Gasteiger partial charge in [-0.25, -0.2) is 0 Å². The number of carbonyl (C=O) groups excluding carboxylic acids is 1. The van der Waals surface area contributed by atoms with Gasteiger partial charge < -0.3 is 25.4 Å². The van der Waals surface area contributed by atoms with Gasteiger partial charge in [-0.2, -0.15) is 0 Å². The molecular weight excluding hydrogens is 356 g/mol. The van der Waals surface area contributed by atoms with Gasteiger partial charge in [0.25, 0.3) is 5.91 Å². The summed E-state index contributed by atoms with van der Waals surface area (Å²) in [5.74, 6) is 2.16. The van der Waals surface area contributed by atoms with Crippen molar-refractivity contribution in [3.05, 3.63) is 59.7 Å². The van der Waals surface area contributed by atoms with Crippen LogP contribution in [-0.4, -0.2) is 52.8 Å². The molecule has 0 atom stereocenters. The first-order valence-electron chi connectivity index (χ1n) is 9.16. The predicted molar refractivity (Wildman–Crippen MR) is 111 cm³/mol. The number of benzene rings is 2. The van der Waals surface area contributed by atoms with Gasteiger partial charge in [0, 0.05) is 32.2 Å². The van der Waals surface area contributed by atoms with Crippen LogP contribution in [0, 0.1) is 0 Å². The maximum atomic E-state index is 12.1. The van der Waals surface area contributed by atoms with Crippen LogP contribution in [0.15, 0.2) is 53.5 Å². The van der Waals surface area contributed by atoms with Gasteiger partial charge in [0.1, 0.15) is 11.5 Å². The van der Waals surface area contributed by atoms with Gasteiger partial charge >= 0.3 is 0 Å². The topological polar surface area (TPSA) is 84.0 Å². The molecule has 0 aromatic heterocycles. The number of rotatable bonds is 9. The highest BCUT2D eigenvalue weighted by atomic mass is 16.5. The lowest BCUT2D eigenvalue weighted by Crippen LogP contribution is -2.42. The van der Waals surface area contributed by atoms with Crippen LogP contribution in [0.25, 0.3) is 0 Å². The fourth-order valence-corrected chi connectivity index (χ4v) is 2.54. The second-order valence-corrected chi connectivity index (χ2v) is 6.01. The second-order valence-electron chi connectivity index (χ2n) is 6.01. The molecule has 3 N–H and O–H groups in total. The Kier molecular flexibility index (Phi) is 8.65. The molecule has 0 saturated heterocycles. The van der Waals surface area contributed by atoms with Crippen molar-refractivity contribution in [3.63, 3.8) is 0 Å². The SMILES string of the molecule is CN=C(NCCNC(=O)c1ccc(OC)cc1)NCCc1ccc(OC)cc1. The molecule has 2 aromatic rings.